The molecule has 0 aliphatic carbocycles. The van der Waals surface area contributed by atoms with Gasteiger partial charge in [0.2, 0.25) is 0 Å². The third-order valence-electron chi connectivity index (χ3n) is 1.83. The Bertz CT molecular complexity index is 315. The molecule has 0 saturated heterocycles. The molecule has 0 unspecified atom stereocenters. The lowest BCUT2D eigenvalue weighted by atomic mass is 9.96. The Kier molecular flexibility index (Phi) is 2.80. The molecular formula is C7H9F2N3O2. The van der Waals surface area contributed by atoms with Gasteiger partial charge in [0.25, 0.3) is 6.43 Å². The average Bonchev–Trinajstić information content (AvgIpc) is 2.55. The summed E-state index contributed by atoms with van der Waals surface area (Å²) >= 11 is 0. The number of carbonyl (C=O) groups is 1. The molecule has 1 aromatic rings. The van der Waals surface area contributed by atoms with E-state index in [4.69, 9.17) is 10.8 Å². The lowest BCUT2D eigenvalue weighted by Crippen LogP contribution is -2.56. The van der Waals surface area contributed by atoms with Crippen LogP contribution in [0.4, 0.5) is 8.78 Å². The number of hydrogen-bond donors (Lipinski definition) is 3. The minimum absolute atomic E-state index is 0.259. The Morgan fingerprint density at radius 2 is 2.43 bits per heavy atom. The summed E-state index contributed by atoms with van der Waals surface area (Å²) in [5.74, 6) is -1.73. The van der Waals surface area contributed by atoms with Crippen molar-refractivity contribution >= 4 is 5.97 Å². The third-order valence-corrected chi connectivity index (χ3v) is 1.83. The molecule has 14 heavy (non-hydrogen) atoms. The molecule has 0 aliphatic heterocycles. The lowest BCUT2D eigenvalue weighted by Gasteiger charge is -2.22. The first-order chi connectivity index (χ1) is 6.47. The van der Waals surface area contributed by atoms with E-state index < -0.39 is 24.4 Å². The van der Waals surface area contributed by atoms with Gasteiger partial charge in [0.05, 0.1) is 6.33 Å². The monoisotopic (exact) mass is 205 g/mol. The Morgan fingerprint density at radius 1 is 1.79 bits per heavy atom. The molecule has 1 atom stereocenters. The van der Waals surface area contributed by atoms with Crippen LogP contribution in [0.25, 0.3) is 0 Å². The highest BCUT2D eigenvalue weighted by Crippen LogP contribution is 2.17. The molecule has 0 aliphatic rings. The molecule has 1 aromatic heterocycles. The molecule has 1 rings (SSSR count). The molecule has 78 valence electrons. The molecule has 4 N–H and O–H groups in total. The van der Waals surface area contributed by atoms with Crippen molar-refractivity contribution in [2.45, 2.75) is 18.4 Å². The number of aromatic amines is 1. The summed E-state index contributed by atoms with van der Waals surface area (Å²) in [6.07, 6.45) is -1.10. The number of alkyl halides is 2. The maximum absolute atomic E-state index is 12.4. The van der Waals surface area contributed by atoms with Crippen LogP contribution in [0.3, 0.4) is 0 Å². The minimum Gasteiger partial charge on any atom is -0.480 e. The summed E-state index contributed by atoms with van der Waals surface area (Å²) in [6, 6.07) is 0. The molecule has 1 heterocycles. The SMILES string of the molecule is N[C@@](Cc1cnc[nH]1)(C(=O)O)C(F)F. The molecule has 0 radical (unpaired) electrons. The number of aliphatic carboxylic acids is 1. The van der Waals surface area contributed by atoms with E-state index in [2.05, 4.69) is 9.97 Å². The van der Waals surface area contributed by atoms with E-state index in [0.717, 1.165) is 0 Å². The van der Waals surface area contributed by atoms with Crippen LogP contribution in [0, 0.1) is 0 Å². The smallest absolute Gasteiger partial charge is 0.330 e. The van der Waals surface area contributed by atoms with Gasteiger partial charge >= 0.3 is 5.97 Å². The number of H-pyrrole nitrogens is 1. The highest BCUT2D eigenvalue weighted by Gasteiger charge is 2.44. The Hall–Kier alpha value is -1.50. The molecule has 5 nitrogen and oxygen atoms in total. The largest absolute Gasteiger partial charge is 0.480 e. The highest BCUT2D eigenvalue weighted by atomic mass is 19.3. The second-order valence-corrected chi connectivity index (χ2v) is 2.90. The number of aromatic nitrogens is 2. The number of hydrogen-bond acceptors (Lipinski definition) is 3. The first-order valence-corrected chi connectivity index (χ1v) is 3.74. The molecule has 0 fully saturated rings. The van der Waals surface area contributed by atoms with Crippen LogP contribution in [0.15, 0.2) is 12.5 Å². The number of halogens is 2. The fraction of sp³-hybridized carbons (Fsp3) is 0.429. The van der Waals surface area contributed by atoms with Crippen LogP contribution in [0.5, 0.6) is 0 Å². The van der Waals surface area contributed by atoms with Crippen molar-refractivity contribution in [2.75, 3.05) is 0 Å². The second-order valence-electron chi connectivity index (χ2n) is 2.90. The van der Waals surface area contributed by atoms with Gasteiger partial charge in [-0.2, -0.15) is 0 Å². The fourth-order valence-corrected chi connectivity index (χ4v) is 0.943. The Balaban J connectivity index is 2.85. The fourth-order valence-electron chi connectivity index (χ4n) is 0.943. The van der Waals surface area contributed by atoms with Gasteiger partial charge in [0.15, 0.2) is 5.54 Å². The van der Waals surface area contributed by atoms with E-state index in [-0.39, 0.29) is 5.69 Å². The van der Waals surface area contributed by atoms with E-state index >= 15 is 0 Å². The number of imidazole rings is 1. The standard InChI is InChI=1S/C7H9F2N3O2/c8-5(9)7(10,6(13)14)1-4-2-11-3-12-4/h2-3,5H,1,10H2,(H,11,12)(H,13,14)/t7-/m1/s1. The van der Waals surface area contributed by atoms with Crippen molar-refractivity contribution < 1.29 is 18.7 Å². The summed E-state index contributed by atoms with van der Waals surface area (Å²) in [5.41, 5.74) is 2.77. The van der Waals surface area contributed by atoms with Crippen molar-refractivity contribution in [2.24, 2.45) is 5.73 Å². The molecule has 0 spiro atoms. The molecule has 0 saturated carbocycles. The predicted molar refractivity (Wildman–Crippen MR) is 42.8 cm³/mol. The van der Waals surface area contributed by atoms with Gasteiger partial charge in [-0.15, -0.1) is 0 Å². The van der Waals surface area contributed by atoms with Crippen molar-refractivity contribution in [3.8, 4) is 0 Å². The van der Waals surface area contributed by atoms with Gasteiger partial charge in [-0.3, -0.25) is 0 Å². The van der Waals surface area contributed by atoms with E-state index in [1.165, 1.54) is 12.5 Å². The summed E-state index contributed by atoms with van der Waals surface area (Å²) in [4.78, 5) is 16.6. The number of rotatable bonds is 4. The highest BCUT2D eigenvalue weighted by molar-refractivity contribution is 5.79. The quantitative estimate of drug-likeness (QED) is 0.645. The van der Waals surface area contributed by atoms with E-state index in [9.17, 15) is 13.6 Å². The van der Waals surface area contributed by atoms with Crippen LogP contribution in [0.2, 0.25) is 0 Å². The van der Waals surface area contributed by atoms with Gasteiger partial charge in [0, 0.05) is 18.3 Å². The normalized spacial score (nSPS) is 15.4. The van der Waals surface area contributed by atoms with Crippen LogP contribution in [0.1, 0.15) is 5.69 Å². The van der Waals surface area contributed by atoms with Crippen LogP contribution >= 0.6 is 0 Å². The molecular weight excluding hydrogens is 196 g/mol. The Labute approximate surface area is 77.9 Å². The molecule has 7 heteroatoms. The van der Waals surface area contributed by atoms with Gasteiger partial charge in [-0.1, -0.05) is 0 Å². The summed E-state index contributed by atoms with van der Waals surface area (Å²) in [5, 5.41) is 8.56. The van der Waals surface area contributed by atoms with Crippen molar-refractivity contribution in [3.63, 3.8) is 0 Å². The van der Waals surface area contributed by atoms with Gasteiger partial charge < -0.3 is 15.8 Å². The zero-order chi connectivity index (χ0) is 10.8. The Morgan fingerprint density at radius 3 is 2.79 bits per heavy atom. The summed E-state index contributed by atoms with van der Waals surface area (Å²) < 4.78 is 24.8. The van der Waals surface area contributed by atoms with Gasteiger partial charge in [0.1, 0.15) is 0 Å². The van der Waals surface area contributed by atoms with Crippen LogP contribution in [-0.4, -0.2) is 33.0 Å². The number of carboxylic acid groups (broad SMARTS) is 1. The van der Waals surface area contributed by atoms with Crippen LogP contribution < -0.4 is 5.73 Å². The number of carboxylic acids is 1. The van der Waals surface area contributed by atoms with E-state index in [1.54, 1.807) is 0 Å². The van der Waals surface area contributed by atoms with Gasteiger partial charge in [-0.05, 0) is 0 Å². The van der Waals surface area contributed by atoms with Crippen molar-refractivity contribution in [3.05, 3.63) is 18.2 Å². The number of nitrogens with one attached hydrogen (secondary N) is 1. The average molecular weight is 205 g/mol. The maximum atomic E-state index is 12.4. The predicted octanol–water partition coefficient (Wildman–Crippen LogP) is -0.000600. The zero-order valence-electron chi connectivity index (χ0n) is 7.08. The maximum Gasteiger partial charge on any atom is 0.330 e. The lowest BCUT2D eigenvalue weighted by molar-refractivity contribution is -0.149. The first-order valence-electron chi connectivity index (χ1n) is 3.74. The summed E-state index contributed by atoms with van der Waals surface area (Å²) in [6.45, 7) is 0. The number of nitrogens with two attached hydrogens (primary N) is 1. The minimum atomic E-state index is -3.14. The first kappa shape index (κ1) is 10.6. The van der Waals surface area contributed by atoms with E-state index in [0.29, 0.717) is 0 Å². The van der Waals surface area contributed by atoms with Crippen LogP contribution in [-0.2, 0) is 11.2 Å². The topological polar surface area (TPSA) is 92.0 Å². The molecule has 0 aromatic carbocycles. The number of nitrogens with zero attached hydrogens (tertiary/aromatic N) is 1. The third kappa shape index (κ3) is 1.87. The zero-order valence-corrected chi connectivity index (χ0v) is 7.08. The van der Waals surface area contributed by atoms with E-state index in [1.807, 2.05) is 0 Å². The molecule has 0 amide bonds. The van der Waals surface area contributed by atoms with Crippen molar-refractivity contribution in [1.29, 1.82) is 0 Å². The molecule has 0 bridgehead atoms. The second kappa shape index (κ2) is 3.70. The van der Waals surface area contributed by atoms with Gasteiger partial charge in [-0.25, -0.2) is 18.6 Å². The van der Waals surface area contributed by atoms with Crippen molar-refractivity contribution in [1.82, 2.24) is 9.97 Å². The summed E-state index contributed by atoms with van der Waals surface area (Å²) in [7, 11) is 0.